The Balaban J connectivity index is 0.000000189. The van der Waals surface area contributed by atoms with Gasteiger partial charge in [0.1, 0.15) is 0 Å². The van der Waals surface area contributed by atoms with Crippen molar-refractivity contribution in [3.05, 3.63) is 154 Å². The molecule has 0 aliphatic heterocycles. The van der Waals surface area contributed by atoms with Gasteiger partial charge in [-0.1, -0.05) is 76.9 Å². The van der Waals surface area contributed by atoms with E-state index in [0.717, 1.165) is 22.3 Å². The minimum atomic E-state index is 0.203. The van der Waals surface area contributed by atoms with Gasteiger partial charge in [0.15, 0.2) is 0 Å². The summed E-state index contributed by atoms with van der Waals surface area (Å²) in [5.74, 6) is 1.93. The van der Waals surface area contributed by atoms with Crippen LogP contribution in [0.3, 0.4) is 0 Å². The summed E-state index contributed by atoms with van der Waals surface area (Å²) in [5, 5.41) is 5.48. The standard InChI is InChI=1S/C21H25.C17H14Cl4.C5H5.Zr/c1-20(2,3)16-7-9-18-14(12-16)11-15-13-17(21(4,5)6)8-10-19(15)18;18-8-14-2-12(3-15(6-14)9-19)1-13-4-16(10-20)7-17(5-13)11-21;1-2-4-5-3-1;/h7-13H,1-6H3;2-7H,8-11H2;1-5H;/q-1;;-1;+2. The molecule has 48 heavy (non-hydrogen) atoms. The molecule has 0 N–H and O–H groups in total. The third-order valence-electron chi connectivity index (χ3n) is 8.29. The Morgan fingerprint density at radius 3 is 1.17 bits per heavy atom. The fraction of sp³-hybridized carbons (Fsp3) is 0.279. The van der Waals surface area contributed by atoms with E-state index < -0.39 is 0 Å². The van der Waals surface area contributed by atoms with Crippen LogP contribution in [-0.4, -0.2) is 3.21 Å². The minimum absolute atomic E-state index is 0.203. The quantitative estimate of drug-likeness (QED) is 0.116. The van der Waals surface area contributed by atoms with E-state index in [9.17, 15) is 0 Å². The summed E-state index contributed by atoms with van der Waals surface area (Å²) in [6.45, 7) is 13.6. The molecule has 6 rings (SSSR count). The molecule has 0 aromatic heterocycles. The smallest absolute Gasteiger partial charge is 0.172 e. The van der Waals surface area contributed by atoms with Gasteiger partial charge in [-0.3, -0.25) is 0 Å². The Hall–Kier alpha value is -1.99. The zero-order valence-electron chi connectivity index (χ0n) is 28.7. The molecule has 0 bridgehead atoms. The van der Waals surface area contributed by atoms with Gasteiger partial charge in [-0.2, -0.15) is 18.2 Å². The van der Waals surface area contributed by atoms with E-state index in [4.69, 9.17) is 46.4 Å². The third-order valence-corrected chi connectivity index (χ3v) is 10.9. The number of hydrogen-bond acceptors (Lipinski definition) is 0. The van der Waals surface area contributed by atoms with E-state index in [1.54, 1.807) is 0 Å². The van der Waals surface area contributed by atoms with Crippen LogP contribution >= 0.6 is 46.4 Å². The molecule has 0 unspecified atom stereocenters. The number of hydrogen-bond donors (Lipinski definition) is 0. The fourth-order valence-electron chi connectivity index (χ4n) is 5.57. The Bertz CT molecular complexity index is 1760. The second-order valence-electron chi connectivity index (χ2n) is 14.2. The molecular weight excluding hydrogens is 750 g/mol. The van der Waals surface area contributed by atoms with Gasteiger partial charge in [0.05, 0.1) is 0 Å². The molecule has 6 aromatic carbocycles. The van der Waals surface area contributed by atoms with Crippen molar-refractivity contribution >= 4 is 71.2 Å². The van der Waals surface area contributed by atoms with Crippen molar-refractivity contribution in [2.75, 3.05) is 0 Å². The van der Waals surface area contributed by atoms with Gasteiger partial charge in [-0.05, 0) is 10.8 Å². The zero-order chi connectivity index (χ0) is 35.1. The molecule has 0 radical (unpaired) electrons. The summed E-state index contributed by atoms with van der Waals surface area (Å²) in [4.78, 5) is 0. The Labute approximate surface area is 322 Å². The molecule has 0 aliphatic carbocycles. The third kappa shape index (κ3) is 10.3. The second kappa shape index (κ2) is 17.3. The Morgan fingerprint density at radius 1 is 0.542 bits per heavy atom. The first-order valence-corrected chi connectivity index (χ1v) is 19.5. The van der Waals surface area contributed by atoms with Crippen LogP contribution in [0.5, 0.6) is 0 Å². The summed E-state index contributed by atoms with van der Waals surface area (Å²) in [6, 6.07) is 38.8. The van der Waals surface area contributed by atoms with Crippen LogP contribution in [0.4, 0.5) is 0 Å². The van der Waals surface area contributed by atoms with Crippen molar-refractivity contribution < 1.29 is 24.2 Å². The van der Waals surface area contributed by atoms with Crippen LogP contribution in [0.15, 0.2) is 109 Å². The molecule has 6 aromatic rings. The summed E-state index contributed by atoms with van der Waals surface area (Å²) in [7, 11) is 0. The topological polar surface area (TPSA) is 0 Å². The molecule has 0 saturated heterocycles. The second-order valence-corrected chi connectivity index (χ2v) is 16.5. The van der Waals surface area contributed by atoms with Crippen molar-refractivity contribution in [1.82, 2.24) is 0 Å². The molecule has 0 heterocycles. The fourth-order valence-corrected chi connectivity index (χ4v) is 6.89. The van der Waals surface area contributed by atoms with Gasteiger partial charge in [0, 0.05) is 0 Å². The maximum atomic E-state index is 5.99. The molecular formula is C43H44Cl4Zr. The van der Waals surface area contributed by atoms with E-state index in [2.05, 4.69) is 108 Å². The summed E-state index contributed by atoms with van der Waals surface area (Å²) in [5.41, 5.74) is 9.88. The maximum absolute atomic E-state index is 5.99. The Morgan fingerprint density at radius 2 is 0.896 bits per heavy atom. The van der Waals surface area contributed by atoms with Gasteiger partial charge >= 0.3 is 167 Å². The maximum Gasteiger partial charge on any atom is -0.172 e. The molecule has 0 fully saturated rings. The SMILES string of the molecule is CC(C)(C)c1ccc2c(c1)[cH-]c1cc(C(C)(C)C)ccc12.ClCc1cc(CCl)cc([C](=[Zr+2])c2cc(CCl)cc(CCl)c2)c1.c1cc[cH-]c1. The molecule has 0 aliphatic rings. The van der Waals surface area contributed by atoms with E-state index in [-0.39, 0.29) is 10.8 Å². The number of halogens is 4. The molecule has 0 nitrogen and oxygen atoms in total. The average molecular weight is 794 g/mol. The van der Waals surface area contributed by atoms with Crippen LogP contribution in [0.2, 0.25) is 0 Å². The molecule has 5 heteroatoms. The first kappa shape index (κ1) is 38.8. The van der Waals surface area contributed by atoms with Crippen LogP contribution in [0.1, 0.15) is 86.1 Å². The van der Waals surface area contributed by atoms with Gasteiger partial charge in [-0.15, -0.1) is 39.7 Å². The van der Waals surface area contributed by atoms with Crippen molar-refractivity contribution in [2.24, 2.45) is 0 Å². The zero-order valence-corrected chi connectivity index (χ0v) is 34.2. The van der Waals surface area contributed by atoms with Gasteiger partial charge < -0.3 is 0 Å². The summed E-state index contributed by atoms with van der Waals surface area (Å²) >= 11 is 25.3. The van der Waals surface area contributed by atoms with Crippen molar-refractivity contribution in [2.45, 2.75) is 75.9 Å². The first-order chi connectivity index (χ1) is 22.8. The molecule has 0 amide bonds. The van der Waals surface area contributed by atoms with E-state index in [0.29, 0.717) is 23.5 Å². The average Bonchev–Trinajstić information content (AvgIpc) is 3.78. The largest absolute Gasteiger partial charge is 0.214 e. The van der Waals surface area contributed by atoms with Gasteiger partial charge in [0.25, 0.3) is 0 Å². The molecule has 0 spiro atoms. The van der Waals surface area contributed by atoms with Crippen molar-refractivity contribution in [3.63, 3.8) is 0 Å². The number of benzene rings is 4. The normalized spacial score (nSPS) is 11.6. The molecule has 0 atom stereocenters. The predicted molar refractivity (Wildman–Crippen MR) is 211 cm³/mol. The van der Waals surface area contributed by atoms with Crippen LogP contribution < -0.4 is 0 Å². The summed E-state index contributed by atoms with van der Waals surface area (Å²) < 4.78 is 1.25. The van der Waals surface area contributed by atoms with E-state index in [1.807, 2.05) is 42.5 Å². The monoisotopic (exact) mass is 790 g/mol. The predicted octanol–water partition coefficient (Wildman–Crippen LogP) is 13.5. The first-order valence-electron chi connectivity index (χ1n) is 16.2. The number of fused-ring (bicyclic) bond motifs is 3. The van der Waals surface area contributed by atoms with Crippen molar-refractivity contribution in [1.29, 1.82) is 0 Å². The van der Waals surface area contributed by atoms with Gasteiger partial charge in [-0.25, -0.2) is 12.1 Å². The minimum Gasteiger partial charge on any atom is -0.214 e. The van der Waals surface area contributed by atoms with E-state index >= 15 is 0 Å². The van der Waals surface area contributed by atoms with E-state index in [1.165, 1.54) is 71.2 Å². The molecule has 248 valence electrons. The Kier molecular flexibility index (Phi) is 14.0. The van der Waals surface area contributed by atoms with Crippen LogP contribution in [0, 0.1) is 0 Å². The summed E-state index contributed by atoms with van der Waals surface area (Å²) in [6.07, 6.45) is 0. The van der Waals surface area contributed by atoms with Gasteiger partial charge in [0.2, 0.25) is 0 Å². The molecule has 0 saturated carbocycles. The van der Waals surface area contributed by atoms with Crippen LogP contribution in [-0.2, 0) is 58.6 Å². The number of alkyl halides is 4. The van der Waals surface area contributed by atoms with Crippen molar-refractivity contribution in [3.8, 4) is 0 Å². The van der Waals surface area contributed by atoms with Crippen LogP contribution in [0.25, 0.3) is 21.5 Å². The number of rotatable bonds is 6.